The minimum atomic E-state index is -1.80. The van der Waals surface area contributed by atoms with Crippen molar-refractivity contribution in [3.05, 3.63) is 24.1 Å². The first kappa shape index (κ1) is 36.4. The van der Waals surface area contributed by atoms with Crippen LogP contribution >= 0.6 is 20.0 Å². The molecule has 0 radical (unpaired) electrons. The molecule has 13 nitrogen and oxygen atoms in total. The average molecular weight is 684 g/mol. The topological polar surface area (TPSA) is 136 Å². The quantitative estimate of drug-likeness (QED) is 0.0824. The second-order valence-corrected chi connectivity index (χ2v) is 14.2. The first-order valence-electron chi connectivity index (χ1n) is 16.0. The van der Waals surface area contributed by atoms with Crippen molar-refractivity contribution in [1.82, 2.24) is 19.7 Å². The van der Waals surface area contributed by atoms with Crippen LogP contribution in [0.2, 0.25) is 5.28 Å². The molecule has 15 heteroatoms. The Morgan fingerprint density at radius 1 is 1.11 bits per heavy atom. The van der Waals surface area contributed by atoms with Gasteiger partial charge in [0, 0.05) is 12.5 Å². The third kappa shape index (κ3) is 8.35. The molecule has 1 amide bonds. The van der Waals surface area contributed by atoms with Gasteiger partial charge in [-0.25, -0.2) is 14.3 Å². The second-order valence-electron chi connectivity index (χ2n) is 12.1. The van der Waals surface area contributed by atoms with Crippen LogP contribution in [0, 0.1) is 0 Å². The van der Waals surface area contributed by atoms with E-state index in [9.17, 15) is 9.59 Å². The van der Waals surface area contributed by atoms with Gasteiger partial charge < -0.3 is 28.0 Å². The summed E-state index contributed by atoms with van der Waals surface area (Å²) in [6.45, 7) is 15.7. The summed E-state index contributed by atoms with van der Waals surface area (Å²) in [5, 5.41) is 3.66. The minimum Gasteiger partial charge on any atom is -0.463 e. The second kappa shape index (κ2) is 16.1. The van der Waals surface area contributed by atoms with Crippen molar-refractivity contribution in [1.29, 1.82) is 0 Å². The number of halogens is 1. The maximum Gasteiger partial charge on any atom is 0.416 e. The Balaban J connectivity index is 1.59. The number of amides is 1. The molecule has 3 heterocycles. The lowest BCUT2D eigenvalue weighted by atomic mass is 10.2. The fraction of sp³-hybridized carbons (Fsp3) is 0.710. The number of nitrogens with zero attached hydrogens (tertiary/aromatic N) is 5. The zero-order valence-electron chi connectivity index (χ0n) is 27.7. The fourth-order valence-corrected chi connectivity index (χ4v) is 7.50. The maximum atomic E-state index is 13.5. The van der Waals surface area contributed by atoms with Crippen LogP contribution in [0.5, 0.6) is 0 Å². The average Bonchev–Trinajstić information content (AvgIpc) is 3.76. The van der Waals surface area contributed by atoms with E-state index in [2.05, 4.69) is 21.6 Å². The maximum absolute atomic E-state index is 13.5. The van der Waals surface area contributed by atoms with Gasteiger partial charge in [0.25, 0.3) is 0 Å². The summed E-state index contributed by atoms with van der Waals surface area (Å²) in [6.07, 6.45) is 6.91. The van der Waals surface area contributed by atoms with E-state index in [1.807, 2.05) is 34.6 Å². The van der Waals surface area contributed by atoms with E-state index >= 15 is 0 Å². The zero-order valence-corrected chi connectivity index (χ0v) is 29.3. The number of carbonyl (C=O) groups is 2. The van der Waals surface area contributed by atoms with Gasteiger partial charge >= 0.3 is 12.1 Å². The van der Waals surface area contributed by atoms with E-state index in [1.165, 1.54) is 0 Å². The predicted molar refractivity (Wildman–Crippen MR) is 175 cm³/mol. The van der Waals surface area contributed by atoms with Gasteiger partial charge in [-0.15, -0.1) is 6.58 Å². The Kier molecular flexibility index (Phi) is 12.8. The Bertz CT molecular complexity index is 1340. The number of esters is 1. The molecule has 46 heavy (non-hydrogen) atoms. The number of ether oxygens (including phenoxy) is 4. The summed E-state index contributed by atoms with van der Waals surface area (Å²) in [5.74, 6) is -0.199. The highest BCUT2D eigenvalue weighted by atomic mass is 35.5. The summed E-state index contributed by atoms with van der Waals surface area (Å²) in [6, 6.07) is -0.0780. The molecular formula is C31H47ClN5O8P. The molecule has 2 aliphatic rings. The number of hydrogen-bond donors (Lipinski definition) is 0. The molecule has 2 fully saturated rings. The van der Waals surface area contributed by atoms with Gasteiger partial charge in [-0.3, -0.25) is 4.90 Å². The van der Waals surface area contributed by atoms with Gasteiger partial charge in [0.2, 0.25) is 19.0 Å². The molecule has 2 aromatic rings. The molecule has 2 aromatic heterocycles. The predicted octanol–water partition coefficient (Wildman–Crippen LogP) is 7.08. The molecule has 0 aromatic carbocycles. The monoisotopic (exact) mass is 683 g/mol. The molecule has 1 saturated carbocycles. The largest absolute Gasteiger partial charge is 0.463 e. The number of carbonyl (C=O) groups excluding carboxylic acids is 2. The van der Waals surface area contributed by atoms with Crippen molar-refractivity contribution < 1.29 is 37.6 Å². The lowest BCUT2D eigenvalue weighted by molar-refractivity contribution is -0.166. The third-order valence-corrected chi connectivity index (χ3v) is 9.82. The lowest BCUT2D eigenvalue weighted by Crippen LogP contribution is -2.43. The summed E-state index contributed by atoms with van der Waals surface area (Å²) in [5.41, 5.74) is -0.247. The molecule has 3 atom stereocenters. The summed E-state index contributed by atoms with van der Waals surface area (Å²) in [4.78, 5) is 37.4. The first-order valence-corrected chi connectivity index (χ1v) is 17.6. The van der Waals surface area contributed by atoms with E-state index in [0.29, 0.717) is 42.9 Å². The van der Waals surface area contributed by atoms with E-state index in [4.69, 9.17) is 39.6 Å². The smallest absolute Gasteiger partial charge is 0.416 e. The van der Waals surface area contributed by atoms with Crippen molar-refractivity contribution >= 4 is 48.9 Å². The fourth-order valence-electron chi connectivity index (χ4n) is 5.70. The Hall–Kier alpha value is -2.41. The molecule has 256 valence electrons. The standard InChI is InChI=1S/C31H47ClN5O8P/c1-8-18-31(27(38)40-9-2,46(42-10-3)43-11-4)41-20-22-16-17-24(44-22)37-26-23(19-33-37)25(34-28(32)35-26)36(21-14-12-13-15-21)29(39)45-30(5,6)7/h8,19,21-22,24H,1,9-18,20H2,2-7H3. The van der Waals surface area contributed by atoms with Crippen LogP contribution in [-0.2, 0) is 32.8 Å². The van der Waals surface area contributed by atoms with Crippen molar-refractivity contribution in [3.8, 4) is 0 Å². The molecule has 1 aliphatic carbocycles. The van der Waals surface area contributed by atoms with Crippen LogP contribution in [0.4, 0.5) is 10.6 Å². The third-order valence-electron chi connectivity index (χ3n) is 7.58. The van der Waals surface area contributed by atoms with Crippen LogP contribution in [0.1, 0.15) is 92.7 Å². The SMILES string of the molecule is C=CCC(OCC1CCC(n2ncc3c(N(C(=O)OC(C)(C)C)C4CCCC4)nc(Cl)nc32)O1)(C(=O)OCC)P(OCC)OCC. The van der Waals surface area contributed by atoms with Crippen molar-refractivity contribution in [2.75, 3.05) is 31.3 Å². The molecule has 4 rings (SSSR count). The van der Waals surface area contributed by atoms with Gasteiger partial charge in [0.05, 0.1) is 44.1 Å². The van der Waals surface area contributed by atoms with Crippen LogP contribution in [0.15, 0.2) is 18.9 Å². The van der Waals surface area contributed by atoms with Crippen LogP contribution in [0.3, 0.4) is 0 Å². The number of fused-ring (bicyclic) bond motifs is 1. The highest BCUT2D eigenvalue weighted by Gasteiger charge is 2.51. The molecule has 0 bridgehead atoms. The van der Waals surface area contributed by atoms with E-state index in [1.54, 1.807) is 28.8 Å². The Labute approximate surface area is 277 Å². The summed E-state index contributed by atoms with van der Waals surface area (Å²) >= 11 is 6.47. The van der Waals surface area contributed by atoms with Gasteiger partial charge in [-0.05, 0) is 78.8 Å². The van der Waals surface area contributed by atoms with Crippen LogP contribution in [-0.4, -0.2) is 81.3 Å². The van der Waals surface area contributed by atoms with Crippen molar-refractivity contribution in [2.24, 2.45) is 0 Å². The zero-order chi connectivity index (χ0) is 33.5. The Morgan fingerprint density at radius 3 is 2.41 bits per heavy atom. The van der Waals surface area contributed by atoms with Gasteiger partial charge in [-0.1, -0.05) is 18.9 Å². The van der Waals surface area contributed by atoms with Gasteiger partial charge in [0.1, 0.15) is 5.60 Å². The molecule has 3 unspecified atom stereocenters. The van der Waals surface area contributed by atoms with Crippen LogP contribution in [0.25, 0.3) is 11.0 Å². The van der Waals surface area contributed by atoms with Crippen molar-refractivity contribution in [3.63, 3.8) is 0 Å². The molecule has 0 spiro atoms. The first-order chi connectivity index (χ1) is 22.0. The summed E-state index contributed by atoms with van der Waals surface area (Å²) in [7, 11) is -1.80. The lowest BCUT2D eigenvalue weighted by Gasteiger charge is -2.36. The number of anilines is 1. The Morgan fingerprint density at radius 2 is 1.80 bits per heavy atom. The highest BCUT2D eigenvalue weighted by Crippen LogP contribution is 2.55. The summed E-state index contributed by atoms with van der Waals surface area (Å²) < 4.78 is 37.4. The minimum absolute atomic E-state index is 0.0162. The van der Waals surface area contributed by atoms with Crippen LogP contribution < -0.4 is 4.90 Å². The highest BCUT2D eigenvalue weighted by molar-refractivity contribution is 7.50. The van der Waals surface area contributed by atoms with E-state index in [0.717, 1.165) is 25.7 Å². The number of rotatable bonds is 15. The van der Waals surface area contributed by atoms with E-state index < -0.39 is 37.6 Å². The molecule has 1 aliphatic heterocycles. The molecule has 1 saturated heterocycles. The molecule has 0 N–H and O–H groups in total. The molecular weight excluding hydrogens is 637 g/mol. The van der Waals surface area contributed by atoms with Crippen molar-refractivity contribution in [2.45, 2.75) is 116 Å². The van der Waals surface area contributed by atoms with E-state index in [-0.39, 0.29) is 37.1 Å². The van der Waals surface area contributed by atoms with Gasteiger partial charge in [0.15, 0.2) is 17.7 Å². The number of aromatic nitrogens is 4. The van der Waals surface area contributed by atoms with Gasteiger partial charge in [-0.2, -0.15) is 15.1 Å². The normalized spacial score (nSPS) is 20.3. The number of hydrogen-bond acceptors (Lipinski definition) is 11.